The third-order valence-electron chi connectivity index (χ3n) is 3.95. The molecule has 1 aliphatic rings. The fourth-order valence-corrected chi connectivity index (χ4v) is 2.60. The minimum Gasteiger partial charge on any atom is -0.507 e. The maximum absolute atomic E-state index is 12.0. The number of carbonyl (C=O) groups excluding carboxylic acids is 3. The van der Waals surface area contributed by atoms with Crippen LogP contribution in [0.25, 0.3) is 0 Å². The Kier molecular flexibility index (Phi) is 5.78. The predicted molar refractivity (Wildman–Crippen MR) is 86.7 cm³/mol. The van der Waals surface area contributed by atoms with E-state index in [1.54, 1.807) is 13.0 Å². The molecule has 0 saturated heterocycles. The largest absolute Gasteiger partial charge is 0.507 e. The molecule has 0 radical (unpaired) electrons. The van der Waals surface area contributed by atoms with Crippen molar-refractivity contribution in [3.8, 4) is 5.75 Å². The molecule has 1 aromatic rings. The molecule has 0 aromatic heterocycles. The first kappa shape index (κ1) is 17.8. The Morgan fingerprint density at radius 3 is 2.54 bits per heavy atom. The molecule has 1 aliphatic carbocycles. The van der Waals surface area contributed by atoms with Gasteiger partial charge < -0.3 is 15.2 Å². The van der Waals surface area contributed by atoms with Crippen LogP contribution in [0.5, 0.6) is 5.75 Å². The van der Waals surface area contributed by atoms with Gasteiger partial charge in [-0.15, -0.1) is 0 Å². The molecule has 0 aliphatic heterocycles. The summed E-state index contributed by atoms with van der Waals surface area (Å²) in [6, 6.07) is 3.99. The Morgan fingerprint density at radius 1 is 1.25 bits per heavy atom. The SMILES string of the molecule is Cc1ccc(C(=O)O[C@@H](C)C(=O)NC(=O)NC2CCCC2)c(O)c1. The van der Waals surface area contributed by atoms with E-state index in [2.05, 4.69) is 10.6 Å². The molecule has 1 atom stereocenters. The van der Waals surface area contributed by atoms with Gasteiger partial charge in [-0.3, -0.25) is 10.1 Å². The van der Waals surface area contributed by atoms with Crippen molar-refractivity contribution in [3.05, 3.63) is 29.3 Å². The highest BCUT2D eigenvalue weighted by Gasteiger charge is 2.24. The Balaban J connectivity index is 1.86. The van der Waals surface area contributed by atoms with Gasteiger partial charge in [0.05, 0.1) is 0 Å². The number of rotatable bonds is 4. The van der Waals surface area contributed by atoms with Gasteiger partial charge in [-0.2, -0.15) is 0 Å². The van der Waals surface area contributed by atoms with E-state index in [4.69, 9.17) is 4.74 Å². The number of amides is 3. The molecule has 24 heavy (non-hydrogen) atoms. The van der Waals surface area contributed by atoms with E-state index in [9.17, 15) is 19.5 Å². The number of imide groups is 1. The molecule has 0 spiro atoms. The summed E-state index contributed by atoms with van der Waals surface area (Å²) >= 11 is 0. The fourth-order valence-electron chi connectivity index (χ4n) is 2.60. The summed E-state index contributed by atoms with van der Waals surface area (Å²) in [6.07, 6.45) is 2.77. The first-order chi connectivity index (χ1) is 11.4. The van der Waals surface area contributed by atoms with Crippen molar-refractivity contribution < 1.29 is 24.2 Å². The van der Waals surface area contributed by atoms with Crippen LogP contribution < -0.4 is 10.6 Å². The highest BCUT2D eigenvalue weighted by molar-refractivity contribution is 5.99. The van der Waals surface area contributed by atoms with E-state index < -0.39 is 24.0 Å². The summed E-state index contributed by atoms with van der Waals surface area (Å²) in [4.78, 5) is 35.7. The number of esters is 1. The molecule has 0 bridgehead atoms. The Labute approximate surface area is 140 Å². The first-order valence-electron chi connectivity index (χ1n) is 7.99. The summed E-state index contributed by atoms with van der Waals surface area (Å²) in [7, 11) is 0. The number of nitrogens with one attached hydrogen (secondary N) is 2. The zero-order chi connectivity index (χ0) is 17.7. The molecule has 2 rings (SSSR count). The topological polar surface area (TPSA) is 105 Å². The average molecular weight is 334 g/mol. The molecular weight excluding hydrogens is 312 g/mol. The van der Waals surface area contributed by atoms with Gasteiger partial charge in [-0.25, -0.2) is 9.59 Å². The van der Waals surface area contributed by atoms with Crippen molar-refractivity contribution >= 4 is 17.9 Å². The zero-order valence-electron chi connectivity index (χ0n) is 13.8. The summed E-state index contributed by atoms with van der Waals surface area (Å²) in [5.41, 5.74) is 0.758. The van der Waals surface area contributed by atoms with Crippen molar-refractivity contribution in [1.82, 2.24) is 10.6 Å². The molecule has 7 nitrogen and oxygen atoms in total. The lowest BCUT2D eigenvalue weighted by molar-refractivity contribution is -0.127. The van der Waals surface area contributed by atoms with Crippen molar-refractivity contribution in [3.63, 3.8) is 0 Å². The number of benzene rings is 1. The maximum Gasteiger partial charge on any atom is 0.342 e. The van der Waals surface area contributed by atoms with Crippen molar-refractivity contribution in [2.45, 2.75) is 51.7 Å². The lowest BCUT2D eigenvalue weighted by atomic mass is 10.1. The molecule has 3 N–H and O–H groups in total. The number of hydrogen-bond acceptors (Lipinski definition) is 5. The second-order valence-electron chi connectivity index (χ2n) is 6.01. The normalized spacial score (nSPS) is 15.6. The zero-order valence-corrected chi connectivity index (χ0v) is 13.8. The highest BCUT2D eigenvalue weighted by Crippen LogP contribution is 2.20. The fraction of sp³-hybridized carbons (Fsp3) is 0.471. The lowest BCUT2D eigenvalue weighted by Gasteiger charge is -2.16. The number of urea groups is 1. The van der Waals surface area contributed by atoms with Crippen molar-refractivity contribution in [2.24, 2.45) is 0 Å². The minimum atomic E-state index is -1.16. The lowest BCUT2D eigenvalue weighted by Crippen LogP contribution is -2.47. The molecule has 1 aromatic carbocycles. The number of hydrogen-bond donors (Lipinski definition) is 3. The summed E-state index contributed by atoms with van der Waals surface area (Å²) in [5.74, 6) is -1.76. The van der Waals surface area contributed by atoms with E-state index in [0.29, 0.717) is 0 Å². The van der Waals surface area contributed by atoms with Gasteiger partial charge in [-0.1, -0.05) is 18.9 Å². The number of aryl methyl sites for hydroxylation is 1. The minimum absolute atomic E-state index is 0.0318. The molecular formula is C17H22N2O5. The smallest absolute Gasteiger partial charge is 0.342 e. The van der Waals surface area contributed by atoms with Gasteiger partial charge in [0.2, 0.25) is 0 Å². The summed E-state index contributed by atoms with van der Waals surface area (Å²) < 4.78 is 5.00. The molecule has 130 valence electrons. The monoisotopic (exact) mass is 334 g/mol. The Bertz CT molecular complexity index is 638. The van der Waals surface area contributed by atoms with Crippen LogP contribution in [0.1, 0.15) is 48.5 Å². The average Bonchev–Trinajstić information content (AvgIpc) is 2.99. The molecule has 3 amide bonds. The number of carbonyl (C=O) groups is 3. The van der Waals surface area contributed by atoms with E-state index in [1.807, 2.05) is 0 Å². The number of aromatic hydroxyl groups is 1. The summed E-state index contributed by atoms with van der Waals surface area (Å²) in [5, 5.41) is 14.6. The van der Waals surface area contributed by atoms with Crippen LogP contribution in [-0.2, 0) is 9.53 Å². The number of phenolic OH excluding ortho intramolecular Hbond substituents is 1. The predicted octanol–water partition coefficient (Wildman–Crippen LogP) is 2.01. The van der Waals surface area contributed by atoms with Crippen molar-refractivity contribution in [1.29, 1.82) is 0 Å². The Morgan fingerprint density at radius 2 is 1.92 bits per heavy atom. The molecule has 1 fully saturated rings. The third-order valence-corrected chi connectivity index (χ3v) is 3.95. The standard InChI is InChI=1S/C17H22N2O5/c1-10-7-8-13(14(20)9-10)16(22)24-11(2)15(21)19-17(23)18-12-5-3-4-6-12/h7-9,11-12,20H,3-6H2,1-2H3,(H2,18,19,21,23)/t11-/m0/s1. The molecule has 0 heterocycles. The third kappa shape index (κ3) is 4.71. The number of phenols is 1. The van der Waals surface area contributed by atoms with E-state index >= 15 is 0 Å². The van der Waals surface area contributed by atoms with Crippen LogP contribution >= 0.6 is 0 Å². The molecule has 7 heteroatoms. The van der Waals surface area contributed by atoms with Crippen LogP contribution in [-0.4, -0.2) is 35.2 Å². The van der Waals surface area contributed by atoms with Gasteiger partial charge >= 0.3 is 12.0 Å². The van der Waals surface area contributed by atoms with Gasteiger partial charge in [0.15, 0.2) is 6.10 Å². The summed E-state index contributed by atoms with van der Waals surface area (Å²) in [6.45, 7) is 3.13. The van der Waals surface area contributed by atoms with Crippen LogP contribution in [0.4, 0.5) is 4.79 Å². The second-order valence-corrected chi connectivity index (χ2v) is 6.01. The van der Waals surface area contributed by atoms with Crippen molar-refractivity contribution in [2.75, 3.05) is 0 Å². The molecule has 1 saturated carbocycles. The quantitative estimate of drug-likeness (QED) is 0.731. The van der Waals surface area contributed by atoms with E-state index in [-0.39, 0.29) is 17.4 Å². The highest BCUT2D eigenvalue weighted by atomic mass is 16.5. The van der Waals surface area contributed by atoms with Crippen LogP contribution in [0.2, 0.25) is 0 Å². The maximum atomic E-state index is 12.0. The van der Waals surface area contributed by atoms with Gasteiger partial charge in [0, 0.05) is 6.04 Å². The first-order valence-corrected chi connectivity index (χ1v) is 7.99. The van der Waals surface area contributed by atoms with E-state index in [1.165, 1.54) is 19.1 Å². The number of ether oxygens (including phenoxy) is 1. The second kappa shape index (κ2) is 7.81. The van der Waals surface area contributed by atoms with Crippen LogP contribution in [0.3, 0.4) is 0 Å². The Hall–Kier alpha value is -2.57. The van der Waals surface area contributed by atoms with Gasteiger partial charge in [-0.05, 0) is 44.4 Å². The van der Waals surface area contributed by atoms with Gasteiger partial charge in [0.1, 0.15) is 11.3 Å². The van der Waals surface area contributed by atoms with Crippen LogP contribution in [0.15, 0.2) is 18.2 Å². The van der Waals surface area contributed by atoms with Crippen LogP contribution in [0, 0.1) is 6.92 Å². The van der Waals surface area contributed by atoms with E-state index in [0.717, 1.165) is 31.2 Å². The van der Waals surface area contributed by atoms with Gasteiger partial charge in [0.25, 0.3) is 5.91 Å². The molecule has 0 unspecified atom stereocenters.